The molecular formula is C16H19ClINO2. The van der Waals surface area contributed by atoms with Crippen LogP contribution in [0.4, 0.5) is 0 Å². The SMILES string of the molecule is Cl[C@H]1CCC[C@@H]2CCN(Cc3cc4c(cc3I)OCO4)[C@@H]21. The fraction of sp³-hybridized carbons (Fsp3) is 0.625. The number of hydrogen-bond donors (Lipinski definition) is 0. The van der Waals surface area contributed by atoms with Crippen LogP contribution in [0.3, 0.4) is 0 Å². The molecule has 0 radical (unpaired) electrons. The van der Waals surface area contributed by atoms with Gasteiger partial charge in [-0.1, -0.05) is 6.42 Å². The van der Waals surface area contributed by atoms with Gasteiger partial charge in [-0.25, -0.2) is 0 Å². The molecule has 4 rings (SSSR count). The van der Waals surface area contributed by atoms with E-state index in [0.717, 1.165) is 30.4 Å². The molecule has 1 aliphatic carbocycles. The van der Waals surface area contributed by atoms with Crippen molar-refractivity contribution in [2.75, 3.05) is 13.3 Å². The van der Waals surface area contributed by atoms with Crippen LogP contribution in [0.1, 0.15) is 31.2 Å². The lowest BCUT2D eigenvalue weighted by Crippen LogP contribution is -2.42. The van der Waals surface area contributed by atoms with Crippen molar-refractivity contribution < 1.29 is 9.47 Å². The molecule has 21 heavy (non-hydrogen) atoms. The molecule has 5 heteroatoms. The lowest BCUT2D eigenvalue weighted by molar-refractivity contribution is 0.173. The van der Waals surface area contributed by atoms with Crippen LogP contribution in [0.15, 0.2) is 12.1 Å². The molecule has 0 amide bonds. The predicted octanol–water partition coefficient (Wildman–Crippen LogP) is 4.00. The zero-order valence-electron chi connectivity index (χ0n) is 11.9. The minimum Gasteiger partial charge on any atom is -0.454 e. The fourth-order valence-corrected chi connectivity index (χ4v) is 5.15. The molecule has 3 nitrogen and oxygen atoms in total. The van der Waals surface area contributed by atoms with Gasteiger partial charge in [0, 0.05) is 21.5 Å². The highest BCUT2D eigenvalue weighted by atomic mass is 127. The Bertz CT molecular complexity index is 553. The topological polar surface area (TPSA) is 21.7 Å². The Morgan fingerprint density at radius 3 is 2.86 bits per heavy atom. The average Bonchev–Trinajstić information content (AvgIpc) is 3.07. The van der Waals surface area contributed by atoms with Crippen LogP contribution in [0.5, 0.6) is 11.5 Å². The van der Waals surface area contributed by atoms with Crippen molar-refractivity contribution in [1.82, 2.24) is 4.90 Å². The number of ether oxygens (including phenoxy) is 2. The smallest absolute Gasteiger partial charge is 0.231 e. The standard InChI is InChI=1S/C16H19ClINO2/c17-12-3-1-2-10-4-5-19(16(10)12)8-11-6-14-15(7-13(11)18)21-9-20-14/h6-7,10,12,16H,1-5,8-9H2/t10-,12+,16+/m1/s1. The summed E-state index contributed by atoms with van der Waals surface area (Å²) in [5.74, 6) is 2.55. The van der Waals surface area contributed by atoms with Gasteiger partial charge >= 0.3 is 0 Å². The van der Waals surface area contributed by atoms with E-state index in [1.54, 1.807) is 0 Å². The zero-order chi connectivity index (χ0) is 14.4. The molecule has 2 aliphatic heterocycles. The molecule has 1 saturated carbocycles. The monoisotopic (exact) mass is 419 g/mol. The summed E-state index contributed by atoms with van der Waals surface area (Å²) in [5, 5.41) is 0.318. The van der Waals surface area contributed by atoms with Crippen LogP contribution in [0.25, 0.3) is 0 Å². The predicted molar refractivity (Wildman–Crippen MR) is 91.1 cm³/mol. The second-order valence-electron chi connectivity index (χ2n) is 6.25. The number of hydrogen-bond acceptors (Lipinski definition) is 3. The van der Waals surface area contributed by atoms with Gasteiger partial charge in [-0.2, -0.15) is 0 Å². The summed E-state index contributed by atoms with van der Waals surface area (Å²) >= 11 is 9.02. The Morgan fingerprint density at radius 1 is 1.19 bits per heavy atom. The lowest BCUT2D eigenvalue weighted by atomic mass is 9.84. The third-order valence-corrected chi connectivity index (χ3v) is 6.51. The second-order valence-corrected chi connectivity index (χ2v) is 7.98. The molecule has 1 saturated heterocycles. The van der Waals surface area contributed by atoms with Crippen molar-refractivity contribution in [2.24, 2.45) is 5.92 Å². The fourth-order valence-electron chi connectivity index (χ4n) is 4.02. The van der Waals surface area contributed by atoms with Crippen LogP contribution in [-0.4, -0.2) is 29.7 Å². The zero-order valence-corrected chi connectivity index (χ0v) is 14.8. The largest absolute Gasteiger partial charge is 0.454 e. The molecule has 114 valence electrons. The number of benzene rings is 1. The van der Waals surface area contributed by atoms with Gasteiger partial charge in [0.15, 0.2) is 11.5 Å². The average molecular weight is 420 g/mol. The summed E-state index contributed by atoms with van der Waals surface area (Å²) in [5.41, 5.74) is 1.33. The van der Waals surface area contributed by atoms with Gasteiger partial charge in [0.1, 0.15) is 0 Å². The first-order valence-electron chi connectivity index (χ1n) is 7.68. The quantitative estimate of drug-likeness (QED) is 0.534. The van der Waals surface area contributed by atoms with Crippen LogP contribution in [0.2, 0.25) is 0 Å². The number of fused-ring (bicyclic) bond motifs is 2. The maximum absolute atomic E-state index is 6.62. The van der Waals surface area contributed by atoms with E-state index in [0.29, 0.717) is 18.2 Å². The molecule has 0 N–H and O–H groups in total. The molecule has 0 spiro atoms. The number of halogens is 2. The Balaban J connectivity index is 1.56. The van der Waals surface area contributed by atoms with E-state index in [-0.39, 0.29) is 0 Å². The van der Waals surface area contributed by atoms with Crippen molar-refractivity contribution in [1.29, 1.82) is 0 Å². The third-order valence-electron chi connectivity index (χ3n) is 5.03. The molecule has 2 heterocycles. The summed E-state index contributed by atoms with van der Waals surface area (Å²) in [6, 6.07) is 4.79. The highest BCUT2D eigenvalue weighted by Gasteiger charge is 2.40. The molecule has 3 aliphatic rings. The van der Waals surface area contributed by atoms with E-state index in [2.05, 4.69) is 39.6 Å². The minimum absolute atomic E-state index is 0.318. The van der Waals surface area contributed by atoms with Crippen molar-refractivity contribution in [3.8, 4) is 11.5 Å². The van der Waals surface area contributed by atoms with E-state index >= 15 is 0 Å². The van der Waals surface area contributed by atoms with E-state index in [9.17, 15) is 0 Å². The summed E-state index contributed by atoms with van der Waals surface area (Å²) in [7, 11) is 0. The first-order chi connectivity index (χ1) is 10.2. The minimum atomic E-state index is 0.318. The van der Waals surface area contributed by atoms with Gasteiger partial charge in [0.2, 0.25) is 6.79 Å². The maximum Gasteiger partial charge on any atom is 0.231 e. The lowest BCUT2D eigenvalue weighted by Gasteiger charge is -2.35. The van der Waals surface area contributed by atoms with Crippen LogP contribution in [0, 0.1) is 9.49 Å². The van der Waals surface area contributed by atoms with Gasteiger partial charge in [-0.05, 0) is 72.0 Å². The number of nitrogens with zero attached hydrogens (tertiary/aromatic N) is 1. The Hall–Kier alpha value is -0.200. The molecule has 1 aromatic carbocycles. The summed E-state index contributed by atoms with van der Waals surface area (Å²) in [6.07, 6.45) is 5.11. The number of rotatable bonds is 2. The molecule has 1 aromatic rings. The van der Waals surface area contributed by atoms with Crippen molar-refractivity contribution in [3.05, 3.63) is 21.3 Å². The normalized spacial score (nSPS) is 31.4. The van der Waals surface area contributed by atoms with E-state index < -0.39 is 0 Å². The van der Waals surface area contributed by atoms with Crippen LogP contribution in [-0.2, 0) is 6.54 Å². The van der Waals surface area contributed by atoms with Gasteiger partial charge in [-0.15, -0.1) is 11.6 Å². The van der Waals surface area contributed by atoms with E-state index in [1.165, 1.54) is 34.9 Å². The molecule has 0 bridgehead atoms. The Kier molecular flexibility index (Phi) is 3.96. The first-order valence-corrected chi connectivity index (χ1v) is 9.20. The Morgan fingerprint density at radius 2 is 2.00 bits per heavy atom. The van der Waals surface area contributed by atoms with Gasteiger partial charge in [0.05, 0.1) is 0 Å². The van der Waals surface area contributed by atoms with Gasteiger partial charge < -0.3 is 9.47 Å². The summed E-state index contributed by atoms with van der Waals surface area (Å²) in [4.78, 5) is 2.58. The van der Waals surface area contributed by atoms with E-state index in [1.807, 2.05) is 0 Å². The molecular weight excluding hydrogens is 401 g/mol. The van der Waals surface area contributed by atoms with E-state index in [4.69, 9.17) is 21.1 Å². The molecule has 2 fully saturated rings. The molecule has 0 aromatic heterocycles. The highest BCUT2D eigenvalue weighted by Crippen LogP contribution is 2.41. The summed E-state index contributed by atoms with van der Waals surface area (Å²) in [6.45, 7) is 2.48. The van der Waals surface area contributed by atoms with Crippen LogP contribution < -0.4 is 9.47 Å². The van der Waals surface area contributed by atoms with Crippen molar-refractivity contribution >= 4 is 34.2 Å². The van der Waals surface area contributed by atoms with Crippen molar-refractivity contribution in [2.45, 2.75) is 43.6 Å². The second kappa shape index (κ2) is 5.78. The Labute approximate surface area is 144 Å². The van der Waals surface area contributed by atoms with Crippen molar-refractivity contribution in [3.63, 3.8) is 0 Å². The van der Waals surface area contributed by atoms with Gasteiger partial charge in [-0.3, -0.25) is 4.90 Å². The van der Waals surface area contributed by atoms with Crippen LogP contribution >= 0.6 is 34.2 Å². The number of alkyl halides is 1. The molecule has 0 unspecified atom stereocenters. The summed E-state index contributed by atoms with van der Waals surface area (Å²) < 4.78 is 12.2. The van der Waals surface area contributed by atoms with Gasteiger partial charge in [0.25, 0.3) is 0 Å². The first kappa shape index (κ1) is 14.4. The highest BCUT2D eigenvalue weighted by molar-refractivity contribution is 14.1. The third kappa shape index (κ3) is 2.63. The molecule has 3 atom stereocenters. The number of likely N-dealkylation sites (tertiary alicyclic amines) is 1. The maximum atomic E-state index is 6.62.